The number of nitrogens with zero attached hydrogens (tertiary/aromatic N) is 2. The summed E-state index contributed by atoms with van der Waals surface area (Å²) < 4.78 is 0. The molecule has 0 saturated carbocycles. The van der Waals surface area contributed by atoms with Crippen LogP contribution >= 0.6 is 0 Å². The lowest BCUT2D eigenvalue weighted by molar-refractivity contribution is -0.145. The van der Waals surface area contributed by atoms with Crippen LogP contribution in [-0.4, -0.2) is 60.9 Å². The van der Waals surface area contributed by atoms with Gasteiger partial charge in [-0.05, 0) is 35.8 Å². The van der Waals surface area contributed by atoms with E-state index in [9.17, 15) is 9.59 Å². The Labute approximate surface area is 178 Å². The highest BCUT2D eigenvalue weighted by atomic mass is 16.2. The van der Waals surface area contributed by atoms with Gasteiger partial charge in [-0.2, -0.15) is 0 Å². The SMILES string of the molecule is O=C(CN1CCCC(c2ccccc2)(c2ccccc2)C1=O)N1CC2CNCC2C1. The molecule has 5 nitrogen and oxygen atoms in total. The summed E-state index contributed by atoms with van der Waals surface area (Å²) in [7, 11) is 0. The van der Waals surface area contributed by atoms with Gasteiger partial charge in [-0.1, -0.05) is 60.7 Å². The van der Waals surface area contributed by atoms with Gasteiger partial charge in [0.05, 0.1) is 12.0 Å². The second kappa shape index (κ2) is 7.88. The van der Waals surface area contributed by atoms with Gasteiger partial charge in [-0.3, -0.25) is 9.59 Å². The standard InChI is InChI=1S/C25H29N3O2/c29-23(28-16-19-14-26-15-20(19)17-28)18-27-13-7-12-25(24(27)30,21-8-3-1-4-9-21)22-10-5-2-6-11-22/h1-6,8-11,19-20,26H,7,12-18H2. The first-order valence-electron chi connectivity index (χ1n) is 11.1. The lowest BCUT2D eigenvalue weighted by Gasteiger charge is -2.42. The van der Waals surface area contributed by atoms with Crippen molar-refractivity contribution in [3.05, 3.63) is 71.8 Å². The van der Waals surface area contributed by atoms with E-state index in [1.54, 1.807) is 4.90 Å². The molecule has 3 aliphatic heterocycles. The average molecular weight is 404 g/mol. The maximum atomic E-state index is 13.9. The maximum absolute atomic E-state index is 13.9. The molecule has 2 atom stereocenters. The molecule has 3 heterocycles. The van der Waals surface area contributed by atoms with Crippen molar-refractivity contribution in [1.29, 1.82) is 0 Å². The van der Waals surface area contributed by atoms with Gasteiger partial charge in [0, 0.05) is 32.7 Å². The normalized spacial score (nSPS) is 25.4. The largest absolute Gasteiger partial charge is 0.340 e. The number of rotatable bonds is 4. The Bertz CT molecular complexity index is 863. The number of piperidine rings is 1. The van der Waals surface area contributed by atoms with E-state index in [1.165, 1.54) is 0 Å². The smallest absolute Gasteiger partial charge is 0.242 e. The topological polar surface area (TPSA) is 52.7 Å². The third-order valence-corrected chi connectivity index (χ3v) is 7.23. The monoisotopic (exact) mass is 403 g/mol. The average Bonchev–Trinajstić information content (AvgIpc) is 3.39. The first-order valence-corrected chi connectivity index (χ1v) is 11.1. The molecule has 0 radical (unpaired) electrons. The van der Waals surface area contributed by atoms with Crippen molar-refractivity contribution in [2.75, 3.05) is 39.3 Å². The minimum Gasteiger partial charge on any atom is -0.340 e. The predicted molar refractivity (Wildman–Crippen MR) is 116 cm³/mol. The third-order valence-electron chi connectivity index (χ3n) is 7.23. The molecule has 3 saturated heterocycles. The number of likely N-dealkylation sites (tertiary alicyclic amines) is 2. The van der Waals surface area contributed by atoms with Gasteiger partial charge in [0.15, 0.2) is 0 Å². The Balaban J connectivity index is 1.41. The number of carbonyl (C=O) groups excluding carboxylic acids is 2. The highest BCUT2D eigenvalue weighted by Gasteiger charge is 2.47. The Kier molecular flexibility index (Phi) is 5.07. The molecular formula is C25H29N3O2. The fourth-order valence-electron chi connectivity index (χ4n) is 5.63. The van der Waals surface area contributed by atoms with Crippen LogP contribution in [0.1, 0.15) is 24.0 Å². The molecule has 0 aliphatic carbocycles. The van der Waals surface area contributed by atoms with Crippen molar-refractivity contribution >= 4 is 11.8 Å². The molecule has 156 valence electrons. The number of amides is 2. The number of hydrogen-bond donors (Lipinski definition) is 1. The van der Waals surface area contributed by atoms with E-state index in [1.807, 2.05) is 65.6 Å². The summed E-state index contributed by atoms with van der Waals surface area (Å²) in [5.74, 6) is 1.28. The zero-order chi connectivity index (χ0) is 20.6. The fraction of sp³-hybridized carbons (Fsp3) is 0.440. The summed E-state index contributed by atoms with van der Waals surface area (Å²) in [5.41, 5.74) is 1.31. The van der Waals surface area contributed by atoms with E-state index in [0.717, 1.165) is 50.1 Å². The molecule has 5 rings (SSSR count). The number of carbonyl (C=O) groups is 2. The molecule has 2 unspecified atom stereocenters. The van der Waals surface area contributed by atoms with Crippen LogP contribution in [0.2, 0.25) is 0 Å². The minimum atomic E-state index is -0.716. The Morgan fingerprint density at radius 1 is 0.933 bits per heavy atom. The summed E-state index contributed by atoms with van der Waals surface area (Å²) in [5, 5.41) is 3.42. The highest BCUT2D eigenvalue weighted by Crippen LogP contribution is 2.41. The molecule has 3 fully saturated rings. The molecule has 30 heavy (non-hydrogen) atoms. The summed E-state index contributed by atoms with van der Waals surface area (Å²) in [6.07, 6.45) is 1.65. The molecule has 0 spiro atoms. The maximum Gasteiger partial charge on any atom is 0.242 e. The highest BCUT2D eigenvalue weighted by molar-refractivity contribution is 5.95. The molecule has 2 aromatic rings. The van der Waals surface area contributed by atoms with Crippen LogP contribution in [0.5, 0.6) is 0 Å². The van der Waals surface area contributed by atoms with Gasteiger partial charge in [0.1, 0.15) is 0 Å². The second-order valence-electron chi connectivity index (χ2n) is 8.94. The second-order valence-corrected chi connectivity index (χ2v) is 8.94. The van der Waals surface area contributed by atoms with E-state index < -0.39 is 5.41 Å². The van der Waals surface area contributed by atoms with Crippen LogP contribution in [0.15, 0.2) is 60.7 Å². The quantitative estimate of drug-likeness (QED) is 0.852. The first-order chi connectivity index (χ1) is 14.7. The van der Waals surface area contributed by atoms with Crippen molar-refractivity contribution < 1.29 is 9.59 Å². The van der Waals surface area contributed by atoms with E-state index in [-0.39, 0.29) is 18.4 Å². The molecule has 0 bridgehead atoms. The lowest BCUT2D eigenvalue weighted by Crippen LogP contribution is -2.54. The van der Waals surface area contributed by atoms with Gasteiger partial charge >= 0.3 is 0 Å². The van der Waals surface area contributed by atoms with Crippen molar-refractivity contribution in [2.45, 2.75) is 18.3 Å². The molecule has 2 amide bonds. The van der Waals surface area contributed by atoms with Crippen molar-refractivity contribution in [3.8, 4) is 0 Å². The van der Waals surface area contributed by atoms with E-state index >= 15 is 0 Å². The van der Waals surface area contributed by atoms with Crippen molar-refractivity contribution in [3.63, 3.8) is 0 Å². The minimum absolute atomic E-state index is 0.0561. The molecule has 1 N–H and O–H groups in total. The van der Waals surface area contributed by atoms with Crippen molar-refractivity contribution in [2.24, 2.45) is 11.8 Å². The summed E-state index contributed by atoms with van der Waals surface area (Å²) in [6, 6.07) is 20.1. The van der Waals surface area contributed by atoms with Gasteiger partial charge in [-0.25, -0.2) is 0 Å². The molecule has 0 aromatic heterocycles. The van der Waals surface area contributed by atoms with Crippen molar-refractivity contribution in [1.82, 2.24) is 15.1 Å². The number of hydrogen-bond acceptors (Lipinski definition) is 3. The van der Waals surface area contributed by atoms with Gasteiger partial charge in [-0.15, -0.1) is 0 Å². The molecule has 5 heteroatoms. The van der Waals surface area contributed by atoms with E-state index in [2.05, 4.69) is 5.32 Å². The molecule has 2 aromatic carbocycles. The van der Waals surface area contributed by atoms with Crippen LogP contribution in [0, 0.1) is 11.8 Å². The van der Waals surface area contributed by atoms with E-state index in [4.69, 9.17) is 0 Å². The predicted octanol–water partition coefficient (Wildman–Crippen LogP) is 2.27. The van der Waals surface area contributed by atoms with Gasteiger partial charge in [0.2, 0.25) is 11.8 Å². The molecule has 3 aliphatic rings. The fourth-order valence-corrected chi connectivity index (χ4v) is 5.63. The zero-order valence-corrected chi connectivity index (χ0v) is 17.3. The van der Waals surface area contributed by atoms with Gasteiger partial charge in [0.25, 0.3) is 0 Å². The van der Waals surface area contributed by atoms with Crippen LogP contribution in [0.25, 0.3) is 0 Å². The van der Waals surface area contributed by atoms with Crippen LogP contribution in [0.4, 0.5) is 0 Å². The summed E-state index contributed by atoms with van der Waals surface area (Å²) in [6.45, 7) is 4.48. The summed E-state index contributed by atoms with van der Waals surface area (Å²) in [4.78, 5) is 30.8. The molecular weight excluding hydrogens is 374 g/mol. The van der Waals surface area contributed by atoms with Gasteiger partial charge < -0.3 is 15.1 Å². The Morgan fingerprint density at radius 2 is 1.50 bits per heavy atom. The zero-order valence-electron chi connectivity index (χ0n) is 17.3. The van der Waals surface area contributed by atoms with Crippen LogP contribution < -0.4 is 5.32 Å². The Morgan fingerprint density at radius 3 is 2.07 bits per heavy atom. The lowest BCUT2D eigenvalue weighted by atomic mass is 9.68. The number of fused-ring (bicyclic) bond motifs is 1. The first kappa shape index (κ1) is 19.3. The Hall–Kier alpha value is -2.66. The third kappa shape index (κ3) is 3.21. The van der Waals surface area contributed by atoms with Crippen LogP contribution in [-0.2, 0) is 15.0 Å². The number of benzene rings is 2. The summed E-state index contributed by atoms with van der Waals surface area (Å²) >= 11 is 0. The van der Waals surface area contributed by atoms with Crippen LogP contribution in [0.3, 0.4) is 0 Å². The van der Waals surface area contributed by atoms with E-state index in [0.29, 0.717) is 18.4 Å². The number of nitrogens with one attached hydrogen (secondary N) is 1.